The summed E-state index contributed by atoms with van der Waals surface area (Å²) in [6.07, 6.45) is 3.63. The first-order chi connectivity index (χ1) is 10.7. The Bertz CT molecular complexity index is 854. The zero-order chi connectivity index (χ0) is 15.1. The van der Waals surface area contributed by atoms with E-state index in [0.29, 0.717) is 12.2 Å². The summed E-state index contributed by atoms with van der Waals surface area (Å²) < 4.78 is 2.19. The highest BCUT2D eigenvalue weighted by molar-refractivity contribution is 5.94. The minimum atomic E-state index is -0.0572. The molecule has 5 nitrogen and oxygen atoms in total. The fourth-order valence-corrected chi connectivity index (χ4v) is 3.06. The number of nitrogens with zero attached hydrogens (tertiary/aromatic N) is 4. The summed E-state index contributed by atoms with van der Waals surface area (Å²) in [6, 6.07) is 11.7. The molecule has 1 aliphatic rings. The number of hydrogen-bond acceptors (Lipinski definition) is 3. The van der Waals surface area contributed by atoms with E-state index in [0.717, 1.165) is 23.3 Å². The highest BCUT2D eigenvalue weighted by Gasteiger charge is 2.28. The van der Waals surface area contributed by atoms with Crippen molar-refractivity contribution in [2.75, 3.05) is 6.54 Å². The molecule has 3 aromatic rings. The number of amides is 1. The lowest BCUT2D eigenvalue weighted by molar-refractivity contribution is 0.0638. The van der Waals surface area contributed by atoms with E-state index >= 15 is 0 Å². The number of rotatable bonds is 1. The van der Waals surface area contributed by atoms with Crippen LogP contribution in [-0.2, 0) is 6.54 Å². The smallest absolute Gasteiger partial charge is 0.274 e. The third kappa shape index (κ3) is 1.97. The second-order valence-corrected chi connectivity index (χ2v) is 5.54. The van der Waals surface area contributed by atoms with Gasteiger partial charge in [-0.05, 0) is 31.2 Å². The summed E-state index contributed by atoms with van der Waals surface area (Å²) in [7, 11) is 0. The van der Waals surface area contributed by atoms with Crippen molar-refractivity contribution in [1.29, 1.82) is 0 Å². The van der Waals surface area contributed by atoms with Gasteiger partial charge in [-0.1, -0.05) is 12.1 Å². The molecule has 0 saturated carbocycles. The molecule has 1 amide bonds. The monoisotopic (exact) mass is 292 g/mol. The third-order valence-corrected chi connectivity index (χ3v) is 4.27. The summed E-state index contributed by atoms with van der Waals surface area (Å²) >= 11 is 0. The van der Waals surface area contributed by atoms with Gasteiger partial charge >= 0.3 is 0 Å². The topological polar surface area (TPSA) is 51.0 Å². The molecule has 0 aliphatic carbocycles. The average molecular weight is 292 g/mol. The fraction of sp³-hybridized carbons (Fsp3) is 0.235. The van der Waals surface area contributed by atoms with Gasteiger partial charge in [-0.3, -0.25) is 9.78 Å². The zero-order valence-corrected chi connectivity index (χ0v) is 12.3. The number of carbonyl (C=O) groups is 1. The van der Waals surface area contributed by atoms with E-state index in [1.807, 2.05) is 35.2 Å². The van der Waals surface area contributed by atoms with E-state index in [1.165, 1.54) is 0 Å². The summed E-state index contributed by atoms with van der Waals surface area (Å²) in [6.45, 7) is 3.56. The molecule has 3 heterocycles. The standard InChI is InChI=1S/C17H16N4O/c1-12-16-7-4-8-20(16)9-10-21(12)17(22)15-11-18-13-5-2-3-6-14(13)19-15/h2-8,11-12H,9-10H2,1H3. The molecule has 0 saturated heterocycles. The van der Waals surface area contributed by atoms with Crippen molar-refractivity contribution in [2.24, 2.45) is 0 Å². The van der Waals surface area contributed by atoms with Crippen molar-refractivity contribution >= 4 is 16.9 Å². The van der Waals surface area contributed by atoms with E-state index in [4.69, 9.17) is 0 Å². The molecule has 5 heteroatoms. The van der Waals surface area contributed by atoms with Crippen molar-refractivity contribution in [3.05, 3.63) is 60.2 Å². The molecule has 1 aromatic carbocycles. The maximum atomic E-state index is 12.8. The molecule has 1 aliphatic heterocycles. The van der Waals surface area contributed by atoms with Gasteiger partial charge in [0.05, 0.1) is 23.3 Å². The van der Waals surface area contributed by atoms with Crippen molar-refractivity contribution in [2.45, 2.75) is 19.5 Å². The Kier molecular flexibility index (Phi) is 2.92. The number of fused-ring (bicyclic) bond motifs is 2. The average Bonchev–Trinajstić information content (AvgIpc) is 3.04. The highest BCUT2D eigenvalue weighted by atomic mass is 16.2. The van der Waals surface area contributed by atoms with Crippen LogP contribution >= 0.6 is 0 Å². The van der Waals surface area contributed by atoms with Crippen LogP contribution in [0.15, 0.2) is 48.8 Å². The van der Waals surface area contributed by atoms with Crippen LogP contribution in [-0.4, -0.2) is 31.9 Å². The van der Waals surface area contributed by atoms with Gasteiger partial charge < -0.3 is 9.47 Å². The van der Waals surface area contributed by atoms with Crippen molar-refractivity contribution in [1.82, 2.24) is 19.4 Å². The molecule has 0 N–H and O–H groups in total. The van der Waals surface area contributed by atoms with Crippen LogP contribution in [0.25, 0.3) is 11.0 Å². The van der Waals surface area contributed by atoms with Gasteiger partial charge in [0.1, 0.15) is 5.69 Å². The normalized spacial score (nSPS) is 17.5. The van der Waals surface area contributed by atoms with Gasteiger partial charge in [-0.15, -0.1) is 0 Å². The van der Waals surface area contributed by atoms with Crippen LogP contribution in [0.5, 0.6) is 0 Å². The van der Waals surface area contributed by atoms with Crippen molar-refractivity contribution < 1.29 is 4.79 Å². The molecule has 2 aromatic heterocycles. The first kappa shape index (κ1) is 13.0. The van der Waals surface area contributed by atoms with Crippen LogP contribution in [0.1, 0.15) is 29.1 Å². The van der Waals surface area contributed by atoms with Crippen molar-refractivity contribution in [3.63, 3.8) is 0 Å². The largest absolute Gasteiger partial charge is 0.348 e. The first-order valence-electron chi connectivity index (χ1n) is 7.42. The first-order valence-corrected chi connectivity index (χ1v) is 7.42. The van der Waals surface area contributed by atoms with E-state index in [9.17, 15) is 4.79 Å². The van der Waals surface area contributed by atoms with Crippen LogP contribution in [0.3, 0.4) is 0 Å². The molecule has 0 radical (unpaired) electrons. The van der Waals surface area contributed by atoms with Crippen LogP contribution in [0.4, 0.5) is 0 Å². The number of carbonyl (C=O) groups excluding carboxylic acids is 1. The molecule has 0 bridgehead atoms. The number of hydrogen-bond donors (Lipinski definition) is 0. The Balaban J connectivity index is 1.68. The second-order valence-electron chi connectivity index (χ2n) is 5.54. The minimum Gasteiger partial charge on any atom is -0.348 e. The third-order valence-electron chi connectivity index (χ3n) is 4.27. The molecule has 0 fully saturated rings. The Labute approximate surface area is 128 Å². The lowest BCUT2D eigenvalue weighted by Gasteiger charge is -2.34. The Morgan fingerprint density at radius 2 is 1.95 bits per heavy atom. The van der Waals surface area contributed by atoms with E-state index in [2.05, 4.69) is 33.7 Å². The maximum absolute atomic E-state index is 12.8. The molecular weight excluding hydrogens is 276 g/mol. The summed E-state index contributed by atoms with van der Waals surface area (Å²) in [4.78, 5) is 23.5. The lowest BCUT2D eigenvalue weighted by Crippen LogP contribution is -2.41. The summed E-state index contributed by atoms with van der Waals surface area (Å²) in [5.41, 5.74) is 3.12. The predicted octanol–water partition coefficient (Wildman–Crippen LogP) is 2.65. The zero-order valence-electron chi connectivity index (χ0n) is 12.3. The van der Waals surface area contributed by atoms with Gasteiger partial charge in [-0.25, -0.2) is 4.98 Å². The fourth-order valence-electron chi connectivity index (χ4n) is 3.06. The Morgan fingerprint density at radius 3 is 2.82 bits per heavy atom. The van der Waals surface area contributed by atoms with Gasteiger partial charge in [-0.2, -0.15) is 0 Å². The second kappa shape index (κ2) is 4.94. The molecule has 4 rings (SSSR count). The Hall–Kier alpha value is -2.69. The molecule has 22 heavy (non-hydrogen) atoms. The molecule has 1 unspecified atom stereocenters. The molecule has 110 valence electrons. The van der Waals surface area contributed by atoms with Crippen LogP contribution in [0.2, 0.25) is 0 Å². The van der Waals surface area contributed by atoms with Crippen LogP contribution in [0, 0.1) is 0 Å². The van der Waals surface area contributed by atoms with Gasteiger partial charge in [0.15, 0.2) is 0 Å². The molecule has 0 spiro atoms. The summed E-state index contributed by atoms with van der Waals surface area (Å²) in [5, 5.41) is 0. The highest BCUT2D eigenvalue weighted by Crippen LogP contribution is 2.26. The number of aromatic nitrogens is 3. The predicted molar refractivity (Wildman–Crippen MR) is 83.4 cm³/mol. The maximum Gasteiger partial charge on any atom is 0.274 e. The van der Waals surface area contributed by atoms with Crippen molar-refractivity contribution in [3.8, 4) is 0 Å². The molecule has 1 atom stereocenters. The number of para-hydroxylation sites is 2. The SMILES string of the molecule is CC1c2cccn2CCN1C(=O)c1cnc2ccccc2n1. The summed E-state index contributed by atoms with van der Waals surface area (Å²) in [5.74, 6) is -0.0572. The lowest BCUT2D eigenvalue weighted by atomic mass is 10.1. The minimum absolute atomic E-state index is 0.0459. The van der Waals surface area contributed by atoms with Gasteiger partial charge in [0.25, 0.3) is 5.91 Å². The van der Waals surface area contributed by atoms with Gasteiger partial charge in [0, 0.05) is 25.0 Å². The molecular formula is C17H16N4O. The van der Waals surface area contributed by atoms with E-state index in [-0.39, 0.29) is 11.9 Å². The van der Waals surface area contributed by atoms with Gasteiger partial charge in [0.2, 0.25) is 0 Å². The van der Waals surface area contributed by atoms with E-state index in [1.54, 1.807) is 6.20 Å². The quantitative estimate of drug-likeness (QED) is 0.693. The van der Waals surface area contributed by atoms with E-state index < -0.39 is 0 Å². The van der Waals surface area contributed by atoms with Crippen LogP contribution < -0.4 is 0 Å². The Morgan fingerprint density at radius 1 is 1.14 bits per heavy atom. The number of benzene rings is 1.